The topological polar surface area (TPSA) is 90.3 Å². The van der Waals surface area contributed by atoms with Crippen molar-refractivity contribution in [1.82, 2.24) is 9.55 Å². The number of esters is 1. The van der Waals surface area contributed by atoms with Crippen LogP contribution in [0, 0.1) is 6.92 Å². The maximum Gasteiger partial charge on any atom is 0.340 e. The SMILES string of the molecule is COC(=O)c1c(C)nc2ccn(-c3ccc(NC(C)=O)cc3)c(=O)c2c1-c1ccc(Cl)cc1. The van der Waals surface area contributed by atoms with Gasteiger partial charge in [-0.1, -0.05) is 23.7 Å². The zero-order chi connectivity index (χ0) is 23.7. The van der Waals surface area contributed by atoms with E-state index in [1.165, 1.54) is 18.6 Å². The van der Waals surface area contributed by atoms with Gasteiger partial charge in [-0.2, -0.15) is 0 Å². The van der Waals surface area contributed by atoms with Gasteiger partial charge >= 0.3 is 5.97 Å². The molecule has 0 saturated heterocycles. The molecule has 8 heteroatoms. The molecule has 0 aliphatic carbocycles. The highest BCUT2D eigenvalue weighted by Gasteiger charge is 2.23. The average molecular weight is 462 g/mol. The van der Waals surface area contributed by atoms with Crippen LogP contribution in [0.5, 0.6) is 0 Å². The maximum atomic E-state index is 13.7. The van der Waals surface area contributed by atoms with Crippen LogP contribution in [0.25, 0.3) is 27.7 Å². The van der Waals surface area contributed by atoms with Gasteiger partial charge < -0.3 is 10.1 Å². The van der Waals surface area contributed by atoms with Crippen molar-refractivity contribution in [3.63, 3.8) is 0 Å². The van der Waals surface area contributed by atoms with Crippen LogP contribution in [-0.4, -0.2) is 28.5 Å². The molecule has 2 aromatic heterocycles. The molecular formula is C25H20ClN3O4. The van der Waals surface area contributed by atoms with Crippen LogP contribution in [0.1, 0.15) is 23.0 Å². The molecule has 1 N–H and O–H groups in total. The number of halogens is 1. The number of amides is 1. The van der Waals surface area contributed by atoms with E-state index in [-0.39, 0.29) is 22.4 Å². The first kappa shape index (κ1) is 22.2. The molecule has 166 valence electrons. The molecule has 7 nitrogen and oxygen atoms in total. The number of ether oxygens (including phenoxy) is 1. The van der Waals surface area contributed by atoms with Crippen molar-refractivity contribution in [2.75, 3.05) is 12.4 Å². The number of aromatic nitrogens is 2. The predicted octanol–water partition coefficient (Wildman–Crippen LogP) is 4.76. The molecule has 0 aliphatic heterocycles. The highest BCUT2D eigenvalue weighted by molar-refractivity contribution is 6.30. The molecule has 0 aliphatic rings. The van der Waals surface area contributed by atoms with E-state index in [2.05, 4.69) is 10.3 Å². The van der Waals surface area contributed by atoms with Crippen molar-refractivity contribution < 1.29 is 14.3 Å². The first-order valence-electron chi connectivity index (χ1n) is 10.1. The number of nitrogens with one attached hydrogen (secondary N) is 1. The van der Waals surface area contributed by atoms with Gasteiger partial charge in [-0.25, -0.2) is 4.79 Å². The Morgan fingerprint density at radius 3 is 2.30 bits per heavy atom. The normalized spacial score (nSPS) is 10.8. The number of hydrogen-bond donors (Lipinski definition) is 1. The maximum absolute atomic E-state index is 13.7. The second-order valence-electron chi connectivity index (χ2n) is 7.42. The molecule has 1 amide bonds. The van der Waals surface area contributed by atoms with Gasteiger partial charge in [0.25, 0.3) is 5.56 Å². The highest BCUT2D eigenvalue weighted by Crippen LogP contribution is 2.33. The van der Waals surface area contributed by atoms with E-state index >= 15 is 0 Å². The first-order chi connectivity index (χ1) is 15.8. The third-order valence-electron chi connectivity index (χ3n) is 5.21. The van der Waals surface area contributed by atoms with Gasteiger partial charge in [-0.05, 0) is 55.0 Å². The number of hydrogen-bond acceptors (Lipinski definition) is 5. The third-order valence-corrected chi connectivity index (χ3v) is 5.46. The number of fused-ring (bicyclic) bond motifs is 1. The van der Waals surface area contributed by atoms with Crippen molar-refractivity contribution in [2.45, 2.75) is 13.8 Å². The number of pyridine rings is 2. The molecule has 0 radical (unpaired) electrons. The van der Waals surface area contributed by atoms with Crippen molar-refractivity contribution >= 4 is 40.1 Å². The number of nitrogens with zero attached hydrogens (tertiary/aromatic N) is 2. The van der Waals surface area contributed by atoms with E-state index in [0.29, 0.717) is 38.7 Å². The van der Waals surface area contributed by atoms with Crippen LogP contribution in [-0.2, 0) is 9.53 Å². The second kappa shape index (κ2) is 8.88. The van der Waals surface area contributed by atoms with E-state index < -0.39 is 5.97 Å². The summed E-state index contributed by atoms with van der Waals surface area (Å²) in [5.74, 6) is -0.767. The lowest BCUT2D eigenvalue weighted by atomic mass is 9.95. The molecule has 0 fully saturated rings. The molecule has 0 bridgehead atoms. The molecule has 0 atom stereocenters. The number of anilines is 1. The lowest BCUT2D eigenvalue weighted by molar-refractivity contribution is -0.114. The Morgan fingerprint density at radius 1 is 1.03 bits per heavy atom. The summed E-state index contributed by atoms with van der Waals surface area (Å²) in [4.78, 5) is 42.2. The van der Waals surface area contributed by atoms with Crippen LogP contribution in [0.2, 0.25) is 5.02 Å². The molecular weight excluding hydrogens is 442 g/mol. The van der Waals surface area contributed by atoms with E-state index in [0.717, 1.165) is 0 Å². The van der Waals surface area contributed by atoms with E-state index in [9.17, 15) is 14.4 Å². The fourth-order valence-corrected chi connectivity index (χ4v) is 3.89. The van der Waals surface area contributed by atoms with Crippen molar-refractivity contribution in [1.29, 1.82) is 0 Å². The third kappa shape index (κ3) is 4.23. The summed E-state index contributed by atoms with van der Waals surface area (Å²) in [7, 11) is 1.29. The van der Waals surface area contributed by atoms with Crippen LogP contribution >= 0.6 is 11.6 Å². The number of rotatable bonds is 4. The molecule has 4 aromatic rings. The van der Waals surface area contributed by atoms with E-state index in [1.807, 2.05) is 0 Å². The Morgan fingerprint density at radius 2 is 1.70 bits per heavy atom. The average Bonchev–Trinajstić information content (AvgIpc) is 2.79. The summed E-state index contributed by atoms with van der Waals surface area (Å²) >= 11 is 6.06. The number of aryl methyl sites for hydroxylation is 1. The molecule has 4 rings (SSSR count). The quantitative estimate of drug-likeness (QED) is 0.442. The molecule has 0 saturated carbocycles. The largest absolute Gasteiger partial charge is 0.465 e. The van der Waals surface area contributed by atoms with E-state index in [4.69, 9.17) is 16.3 Å². The monoisotopic (exact) mass is 461 g/mol. The van der Waals surface area contributed by atoms with Gasteiger partial charge in [0.1, 0.15) is 0 Å². The molecule has 0 unspecified atom stereocenters. The molecule has 0 spiro atoms. The Kier molecular flexibility index (Phi) is 5.98. The Hall–Kier alpha value is -3.97. The summed E-state index contributed by atoms with van der Waals surface area (Å²) in [6.45, 7) is 3.13. The summed E-state index contributed by atoms with van der Waals surface area (Å²) < 4.78 is 6.47. The molecule has 2 heterocycles. The van der Waals surface area contributed by atoms with Crippen LogP contribution < -0.4 is 10.9 Å². The van der Waals surface area contributed by atoms with Gasteiger partial charge in [0.2, 0.25) is 5.91 Å². The standard InChI is InChI=1S/C25H20ClN3O4/c1-14-21(25(32)33-3)22(16-4-6-17(26)7-5-16)23-20(27-14)12-13-29(24(23)31)19-10-8-18(9-11-19)28-15(2)30/h4-13H,1-3H3,(H,28,30). The molecule has 2 aromatic carbocycles. The first-order valence-corrected chi connectivity index (χ1v) is 10.5. The fourth-order valence-electron chi connectivity index (χ4n) is 3.77. The zero-order valence-electron chi connectivity index (χ0n) is 18.2. The van der Waals surface area contributed by atoms with E-state index in [1.54, 1.807) is 67.7 Å². The minimum absolute atomic E-state index is 0.185. The lowest BCUT2D eigenvalue weighted by Gasteiger charge is -2.16. The van der Waals surface area contributed by atoms with Crippen molar-refractivity contribution in [3.8, 4) is 16.8 Å². The minimum Gasteiger partial charge on any atom is -0.465 e. The fraction of sp³-hybridized carbons (Fsp3) is 0.120. The number of benzene rings is 2. The highest BCUT2D eigenvalue weighted by atomic mass is 35.5. The second-order valence-corrected chi connectivity index (χ2v) is 7.86. The Labute approximate surface area is 194 Å². The van der Waals surface area contributed by atoms with Gasteiger partial charge in [0.05, 0.1) is 29.3 Å². The zero-order valence-corrected chi connectivity index (χ0v) is 18.9. The number of methoxy groups -OCH3 is 1. The summed E-state index contributed by atoms with van der Waals surface area (Å²) in [5.41, 5.74) is 3.09. The lowest BCUT2D eigenvalue weighted by Crippen LogP contribution is -2.20. The van der Waals surface area contributed by atoms with Gasteiger partial charge in [-0.15, -0.1) is 0 Å². The molecule has 33 heavy (non-hydrogen) atoms. The summed E-state index contributed by atoms with van der Waals surface area (Å²) in [5, 5.41) is 3.52. The number of carbonyl (C=O) groups is 2. The Balaban J connectivity index is 2.02. The van der Waals surface area contributed by atoms with Gasteiger partial charge in [0, 0.05) is 35.1 Å². The Bertz CT molecular complexity index is 1440. The van der Waals surface area contributed by atoms with Crippen molar-refractivity contribution in [3.05, 3.63) is 87.4 Å². The smallest absolute Gasteiger partial charge is 0.340 e. The summed E-state index contributed by atoms with van der Waals surface area (Å²) in [6.07, 6.45) is 1.63. The van der Waals surface area contributed by atoms with Crippen LogP contribution in [0.4, 0.5) is 5.69 Å². The number of carbonyl (C=O) groups excluding carboxylic acids is 2. The van der Waals surface area contributed by atoms with Crippen LogP contribution in [0.3, 0.4) is 0 Å². The van der Waals surface area contributed by atoms with Gasteiger partial charge in [-0.3, -0.25) is 19.1 Å². The predicted molar refractivity (Wildman–Crippen MR) is 128 cm³/mol. The van der Waals surface area contributed by atoms with Gasteiger partial charge in [0.15, 0.2) is 0 Å². The van der Waals surface area contributed by atoms with Crippen molar-refractivity contribution in [2.24, 2.45) is 0 Å². The summed E-state index contributed by atoms with van der Waals surface area (Å²) in [6, 6.07) is 15.5. The van der Waals surface area contributed by atoms with Crippen LogP contribution in [0.15, 0.2) is 65.6 Å². The minimum atomic E-state index is -0.582.